The smallest absolute Gasteiger partial charge is 0.224 e. The van der Waals surface area contributed by atoms with Crippen molar-refractivity contribution in [3.05, 3.63) is 0 Å². The predicted octanol–water partition coefficient (Wildman–Crippen LogP) is 6.81. The minimum atomic E-state index is 0.385. The van der Waals surface area contributed by atoms with Crippen LogP contribution in [0.5, 0.6) is 0 Å². The maximum Gasteiger partial charge on any atom is 0.224 e. The van der Waals surface area contributed by atoms with Gasteiger partial charge in [-0.3, -0.25) is 14.4 Å². The first-order valence-corrected chi connectivity index (χ1v) is 22.6. The Morgan fingerprint density at radius 2 is 0.815 bits per heavy atom. The average Bonchev–Trinajstić information content (AvgIpc) is 3.55. The zero-order valence-electron chi connectivity index (χ0n) is 36.6. The Bertz CT molecular complexity index is 1110. The molecule has 0 N–H and O–H groups in total. The molecule has 312 valence electrons. The van der Waals surface area contributed by atoms with Crippen molar-refractivity contribution in [2.24, 2.45) is 47.3 Å². The van der Waals surface area contributed by atoms with Gasteiger partial charge in [0.1, 0.15) is 0 Å². The van der Waals surface area contributed by atoms with E-state index in [4.69, 9.17) is 0 Å². The van der Waals surface area contributed by atoms with Crippen LogP contribution in [0.25, 0.3) is 0 Å². The Morgan fingerprint density at radius 1 is 0.444 bits per heavy atom. The van der Waals surface area contributed by atoms with Crippen LogP contribution in [-0.4, -0.2) is 146 Å². The van der Waals surface area contributed by atoms with E-state index >= 15 is 0 Å². The maximum absolute atomic E-state index is 12.3. The minimum Gasteiger partial charge on any atom is -0.343 e. The van der Waals surface area contributed by atoms with E-state index in [0.29, 0.717) is 35.6 Å². The molecule has 0 aliphatic carbocycles. The first-order chi connectivity index (χ1) is 25.7. The number of carbonyl (C=O) groups is 3. The van der Waals surface area contributed by atoms with Crippen LogP contribution >= 0.6 is 0 Å². The largest absolute Gasteiger partial charge is 0.343 e. The van der Waals surface area contributed by atoms with Crippen LogP contribution in [0, 0.1) is 47.3 Å². The third-order valence-electron chi connectivity index (χ3n) is 14.5. The van der Waals surface area contributed by atoms with Crippen LogP contribution in [0.2, 0.25) is 0 Å². The van der Waals surface area contributed by atoms with Gasteiger partial charge in [0.2, 0.25) is 17.7 Å². The van der Waals surface area contributed by atoms with Gasteiger partial charge in [-0.15, -0.1) is 0 Å². The number of carbonyl (C=O) groups excluding carboxylic acids is 3. The molecule has 6 heterocycles. The van der Waals surface area contributed by atoms with Gasteiger partial charge in [-0.2, -0.15) is 0 Å². The lowest BCUT2D eigenvalue weighted by Crippen LogP contribution is -2.47. The summed E-state index contributed by atoms with van der Waals surface area (Å²) >= 11 is 0. The van der Waals surface area contributed by atoms with Gasteiger partial charge in [0.05, 0.1) is 0 Å². The summed E-state index contributed by atoms with van der Waals surface area (Å²) < 4.78 is 0. The number of nitrogens with zero attached hydrogens (tertiary/aromatic N) is 6. The Morgan fingerprint density at radius 3 is 1.15 bits per heavy atom. The molecule has 0 bridgehead atoms. The van der Waals surface area contributed by atoms with Crippen molar-refractivity contribution in [1.29, 1.82) is 0 Å². The second-order valence-corrected chi connectivity index (χ2v) is 19.6. The Balaban J connectivity index is 0.000000181. The molecular weight excluding hydrogens is 673 g/mol. The Labute approximate surface area is 332 Å². The second kappa shape index (κ2) is 22.3. The molecule has 0 radical (unpaired) electrons. The average molecular weight is 757 g/mol. The fraction of sp³-hybridized carbons (Fsp3) is 0.933. The van der Waals surface area contributed by atoms with E-state index in [1.54, 1.807) is 0 Å². The molecule has 6 rings (SSSR count). The predicted molar refractivity (Wildman–Crippen MR) is 223 cm³/mol. The molecule has 1 unspecified atom stereocenters. The van der Waals surface area contributed by atoms with Crippen molar-refractivity contribution in [1.82, 2.24) is 29.4 Å². The Hall–Kier alpha value is -1.71. The van der Waals surface area contributed by atoms with Gasteiger partial charge in [0.15, 0.2) is 0 Å². The number of hydrogen-bond donors (Lipinski definition) is 0. The van der Waals surface area contributed by atoms with Crippen LogP contribution in [0.4, 0.5) is 0 Å². The van der Waals surface area contributed by atoms with E-state index in [1.807, 2.05) is 0 Å². The summed E-state index contributed by atoms with van der Waals surface area (Å²) in [7, 11) is 6.44. The molecule has 3 amide bonds. The fourth-order valence-corrected chi connectivity index (χ4v) is 9.99. The molecule has 0 aromatic heterocycles. The minimum absolute atomic E-state index is 0.385. The van der Waals surface area contributed by atoms with Gasteiger partial charge < -0.3 is 29.4 Å². The maximum atomic E-state index is 12.3. The van der Waals surface area contributed by atoms with Crippen molar-refractivity contribution in [2.45, 2.75) is 131 Å². The van der Waals surface area contributed by atoms with E-state index in [-0.39, 0.29) is 0 Å². The lowest BCUT2D eigenvalue weighted by Gasteiger charge is -2.38. The third kappa shape index (κ3) is 14.3. The highest BCUT2D eigenvalue weighted by Crippen LogP contribution is 2.29. The SMILES string of the molecule is CC(C)C1CCN(C(=O)CC2CCCN2C)CC1.CC(C)C1CCN(C(=O)CC2CCN(C)CC2)CC1.CC(C)C1CCN(C(=O)CC2CN(C)C2)CC1. The van der Waals surface area contributed by atoms with Crippen molar-refractivity contribution >= 4 is 17.7 Å². The fourth-order valence-electron chi connectivity index (χ4n) is 9.99. The topological polar surface area (TPSA) is 70.7 Å². The summed E-state index contributed by atoms with van der Waals surface area (Å²) in [5.41, 5.74) is 0. The molecule has 6 aliphatic heterocycles. The standard InChI is InChI=1S/C16H30N2O.C15H28N2O.C14H26N2O/c1-13(2)15-6-10-18(11-7-15)16(19)12-14-4-8-17(3)9-5-14;1-12(2)13-6-9-17(10-7-13)15(18)11-14-5-4-8-16(14)3;1-11(2)13-4-6-16(7-5-13)14(17)8-12-9-15(3)10-12/h13-15H,4-12H2,1-3H3;12-14H,4-11H2,1-3H3;11-13H,4-10H2,1-3H3. The summed E-state index contributed by atoms with van der Waals surface area (Å²) in [6, 6.07) is 0.500. The van der Waals surface area contributed by atoms with Gasteiger partial charge >= 0.3 is 0 Å². The van der Waals surface area contributed by atoms with Crippen molar-refractivity contribution in [2.75, 3.05) is 93.1 Å². The normalized spacial score (nSPS) is 25.1. The molecule has 54 heavy (non-hydrogen) atoms. The highest BCUT2D eigenvalue weighted by molar-refractivity contribution is 5.77. The zero-order valence-corrected chi connectivity index (χ0v) is 36.6. The lowest BCUT2D eigenvalue weighted by molar-refractivity contribution is -0.135. The van der Waals surface area contributed by atoms with Crippen molar-refractivity contribution in [3.63, 3.8) is 0 Å². The molecule has 0 aromatic carbocycles. The molecule has 0 saturated carbocycles. The van der Waals surface area contributed by atoms with Gasteiger partial charge in [0, 0.05) is 77.7 Å². The van der Waals surface area contributed by atoms with E-state index < -0.39 is 0 Å². The van der Waals surface area contributed by atoms with Gasteiger partial charge in [-0.05, 0) is 152 Å². The van der Waals surface area contributed by atoms with Crippen LogP contribution < -0.4 is 0 Å². The molecule has 0 spiro atoms. The van der Waals surface area contributed by atoms with E-state index in [1.165, 1.54) is 64.2 Å². The second-order valence-electron chi connectivity index (χ2n) is 19.6. The van der Waals surface area contributed by atoms with E-state index in [0.717, 1.165) is 127 Å². The lowest BCUT2D eigenvalue weighted by atomic mass is 9.86. The van der Waals surface area contributed by atoms with Gasteiger partial charge in [0.25, 0.3) is 0 Å². The van der Waals surface area contributed by atoms with Crippen LogP contribution in [0.1, 0.15) is 125 Å². The molecule has 9 heteroatoms. The summed E-state index contributed by atoms with van der Waals surface area (Å²) in [5.74, 6) is 7.23. The van der Waals surface area contributed by atoms with Crippen LogP contribution in [0.15, 0.2) is 0 Å². The van der Waals surface area contributed by atoms with Crippen molar-refractivity contribution in [3.8, 4) is 0 Å². The molecule has 6 fully saturated rings. The number of amides is 3. The summed E-state index contributed by atoms with van der Waals surface area (Å²) in [6.07, 6.45) is 14.4. The number of likely N-dealkylation sites (tertiary alicyclic amines) is 6. The molecule has 6 aliphatic rings. The number of hydrogen-bond acceptors (Lipinski definition) is 6. The molecule has 0 aromatic rings. The van der Waals surface area contributed by atoms with Crippen LogP contribution in [-0.2, 0) is 14.4 Å². The summed E-state index contributed by atoms with van der Waals surface area (Å²) in [4.78, 5) is 50.0. The first-order valence-electron chi connectivity index (χ1n) is 22.6. The van der Waals surface area contributed by atoms with E-state index in [2.05, 4.69) is 92.1 Å². The highest BCUT2D eigenvalue weighted by Gasteiger charge is 2.31. The number of piperidine rings is 4. The van der Waals surface area contributed by atoms with Crippen LogP contribution in [0.3, 0.4) is 0 Å². The Kier molecular flexibility index (Phi) is 18.6. The van der Waals surface area contributed by atoms with Crippen molar-refractivity contribution < 1.29 is 14.4 Å². The zero-order chi connectivity index (χ0) is 39.4. The monoisotopic (exact) mass is 757 g/mol. The summed E-state index contributed by atoms with van der Waals surface area (Å²) in [6.45, 7) is 25.4. The van der Waals surface area contributed by atoms with E-state index in [9.17, 15) is 14.4 Å². The molecule has 9 nitrogen and oxygen atoms in total. The molecule has 6 saturated heterocycles. The van der Waals surface area contributed by atoms with Gasteiger partial charge in [-0.25, -0.2) is 0 Å². The summed E-state index contributed by atoms with van der Waals surface area (Å²) in [5, 5.41) is 0. The highest BCUT2D eigenvalue weighted by atomic mass is 16.2. The number of rotatable bonds is 9. The third-order valence-corrected chi connectivity index (χ3v) is 14.5. The molecular formula is C45H84N6O3. The van der Waals surface area contributed by atoms with Gasteiger partial charge in [-0.1, -0.05) is 41.5 Å². The first kappa shape index (κ1) is 45.0. The molecule has 1 atom stereocenters. The quantitative estimate of drug-likeness (QED) is 0.258.